The number of anilines is 1. The average Bonchev–Trinajstić information content (AvgIpc) is 2.95. The van der Waals surface area contributed by atoms with Gasteiger partial charge in [0.25, 0.3) is 0 Å². The first-order chi connectivity index (χ1) is 12.5. The Labute approximate surface area is 158 Å². The summed E-state index contributed by atoms with van der Waals surface area (Å²) in [6.45, 7) is 2.05. The third kappa shape index (κ3) is 4.73. The van der Waals surface area contributed by atoms with Crippen LogP contribution in [0.3, 0.4) is 0 Å². The highest BCUT2D eigenvalue weighted by Gasteiger charge is 2.30. The van der Waals surface area contributed by atoms with E-state index >= 15 is 0 Å². The Morgan fingerprint density at radius 2 is 1.96 bits per heavy atom. The maximum atomic E-state index is 12.1. The molecule has 0 aliphatic carbocycles. The minimum atomic E-state index is -0.162. The molecule has 0 radical (unpaired) electrons. The molecule has 3 rings (SSSR count). The third-order valence-electron chi connectivity index (χ3n) is 4.04. The molecule has 0 spiro atoms. The predicted octanol–water partition coefficient (Wildman–Crippen LogP) is 3.23. The molecule has 5 nitrogen and oxygen atoms in total. The van der Waals surface area contributed by atoms with Crippen molar-refractivity contribution in [3.8, 4) is 0 Å². The second-order valence-electron chi connectivity index (χ2n) is 6.42. The van der Waals surface area contributed by atoms with Crippen molar-refractivity contribution in [1.82, 2.24) is 5.32 Å². The summed E-state index contributed by atoms with van der Waals surface area (Å²) in [5.74, 6) is -0.0132. The maximum Gasteiger partial charge on any atom is 0.239 e. The molecular weight excluding hydrogens is 344 g/mol. The summed E-state index contributed by atoms with van der Waals surface area (Å²) in [5.41, 5.74) is 4.45. The van der Waals surface area contributed by atoms with Gasteiger partial charge in [0.1, 0.15) is 0 Å². The molecule has 1 heterocycles. The SMILES string of the molecule is Cc1cccc(C[C@@H]2S/C(=N/N=C/c3ccc(N(C)C)cc3)NC2=O)c1. The normalized spacial score (nSPS) is 18.5. The van der Waals surface area contributed by atoms with E-state index in [0.717, 1.165) is 16.8 Å². The average molecular weight is 366 g/mol. The molecule has 1 atom stereocenters. The molecule has 1 amide bonds. The van der Waals surface area contributed by atoms with Crippen molar-refractivity contribution in [3.05, 3.63) is 65.2 Å². The van der Waals surface area contributed by atoms with E-state index in [2.05, 4.69) is 34.6 Å². The van der Waals surface area contributed by atoms with E-state index in [0.29, 0.717) is 11.6 Å². The summed E-state index contributed by atoms with van der Waals surface area (Å²) in [5, 5.41) is 11.4. The molecule has 1 N–H and O–H groups in total. The standard InChI is InChI=1S/C20H22N4OS/c1-14-5-4-6-16(11-14)12-18-19(25)22-20(26-18)23-21-13-15-7-9-17(10-8-15)24(2)3/h4-11,13,18H,12H2,1-3H3,(H,22,23,25)/b21-13+/t18-/m0/s1. The molecule has 6 heteroatoms. The Bertz CT molecular complexity index is 843. The topological polar surface area (TPSA) is 57.1 Å². The monoisotopic (exact) mass is 366 g/mol. The van der Waals surface area contributed by atoms with Crippen molar-refractivity contribution < 1.29 is 4.79 Å². The van der Waals surface area contributed by atoms with Gasteiger partial charge in [-0.25, -0.2) is 0 Å². The molecule has 1 aliphatic rings. The lowest BCUT2D eigenvalue weighted by Crippen LogP contribution is -2.25. The first kappa shape index (κ1) is 18.2. The molecule has 1 aliphatic heterocycles. The summed E-state index contributed by atoms with van der Waals surface area (Å²) in [6, 6.07) is 16.3. The van der Waals surface area contributed by atoms with Gasteiger partial charge in [-0.05, 0) is 36.6 Å². The van der Waals surface area contributed by atoms with E-state index in [9.17, 15) is 4.79 Å². The van der Waals surface area contributed by atoms with Gasteiger partial charge < -0.3 is 10.2 Å². The van der Waals surface area contributed by atoms with Crippen LogP contribution in [0.1, 0.15) is 16.7 Å². The molecule has 2 aromatic carbocycles. The summed E-state index contributed by atoms with van der Waals surface area (Å²) in [7, 11) is 4.00. The van der Waals surface area contributed by atoms with Crippen molar-refractivity contribution in [2.75, 3.05) is 19.0 Å². The Morgan fingerprint density at radius 1 is 1.19 bits per heavy atom. The van der Waals surface area contributed by atoms with Gasteiger partial charge in [-0.15, -0.1) is 5.10 Å². The number of hydrogen-bond acceptors (Lipinski definition) is 5. The Hall–Kier alpha value is -2.60. The van der Waals surface area contributed by atoms with Crippen molar-refractivity contribution in [1.29, 1.82) is 0 Å². The number of carbonyl (C=O) groups is 1. The number of aryl methyl sites for hydroxylation is 1. The number of rotatable bonds is 5. The minimum absolute atomic E-state index is 0.0132. The highest BCUT2D eigenvalue weighted by atomic mass is 32.2. The number of carbonyl (C=O) groups excluding carboxylic acids is 1. The quantitative estimate of drug-likeness (QED) is 0.653. The number of hydrogen-bond donors (Lipinski definition) is 1. The van der Waals surface area contributed by atoms with Gasteiger partial charge in [0.2, 0.25) is 5.91 Å². The van der Waals surface area contributed by atoms with Crippen LogP contribution in [0, 0.1) is 6.92 Å². The number of nitrogens with one attached hydrogen (secondary N) is 1. The second kappa shape index (κ2) is 8.19. The van der Waals surface area contributed by atoms with Crippen molar-refractivity contribution in [2.24, 2.45) is 10.2 Å². The zero-order chi connectivity index (χ0) is 18.5. The summed E-state index contributed by atoms with van der Waals surface area (Å²) in [4.78, 5) is 14.2. The van der Waals surface area contributed by atoms with Gasteiger partial charge in [0, 0.05) is 19.8 Å². The molecule has 0 unspecified atom stereocenters. The van der Waals surface area contributed by atoms with Crippen LogP contribution in [0.25, 0.3) is 0 Å². The van der Waals surface area contributed by atoms with Crippen LogP contribution in [-0.2, 0) is 11.2 Å². The predicted molar refractivity (Wildman–Crippen MR) is 110 cm³/mol. The first-order valence-corrected chi connectivity index (χ1v) is 9.31. The Balaban J connectivity index is 1.60. The smallest absolute Gasteiger partial charge is 0.239 e. The maximum absolute atomic E-state index is 12.1. The van der Waals surface area contributed by atoms with Crippen LogP contribution < -0.4 is 10.2 Å². The molecule has 0 saturated carbocycles. The van der Waals surface area contributed by atoms with Gasteiger partial charge in [-0.3, -0.25) is 4.79 Å². The fourth-order valence-corrected chi connectivity index (χ4v) is 3.61. The number of amides is 1. The van der Waals surface area contributed by atoms with Crippen LogP contribution in [0.4, 0.5) is 5.69 Å². The molecular formula is C20H22N4OS. The second-order valence-corrected chi connectivity index (χ2v) is 7.62. The van der Waals surface area contributed by atoms with Gasteiger partial charge >= 0.3 is 0 Å². The Kier molecular flexibility index (Phi) is 5.73. The lowest BCUT2D eigenvalue weighted by Gasteiger charge is -2.11. The van der Waals surface area contributed by atoms with Gasteiger partial charge in [-0.1, -0.05) is 53.7 Å². The first-order valence-electron chi connectivity index (χ1n) is 8.43. The number of nitrogens with zero attached hydrogens (tertiary/aromatic N) is 3. The summed E-state index contributed by atoms with van der Waals surface area (Å²) >= 11 is 1.43. The molecule has 26 heavy (non-hydrogen) atoms. The fourth-order valence-electron chi connectivity index (χ4n) is 2.65. The van der Waals surface area contributed by atoms with Crippen LogP contribution in [0.2, 0.25) is 0 Å². The van der Waals surface area contributed by atoms with Crippen molar-refractivity contribution in [2.45, 2.75) is 18.6 Å². The van der Waals surface area contributed by atoms with Gasteiger partial charge in [-0.2, -0.15) is 5.10 Å². The van der Waals surface area contributed by atoms with Crippen LogP contribution in [-0.4, -0.2) is 36.6 Å². The van der Waals surface area contributed by atoms with Gasteiger partial charge in [0.15, 0.2) is 5.17 Å². The highest BCUT2D eigenvalue weighted by molar-refractivity contribution is 8.15. The van der Waals surface area contributed by atoms with Crippen LogP contribution >= 0.6 is 11.8 Å². The van der Waals surface area contributed by atoms with E-state index in [4.69, 9.17) is 0 Å². The fraction of sp³-hybridized carbons (Fsp3) is 0.250. The number of benzene rings is 2. The molecule has 1 fully saturated rings. The summed E-state index contributed by atoms with van der Waals surface area (Å²) < 4.78 is 0. The zero-order valence-corrected chi connectivity index (χ0v) is 16.0. The van der Waals surface area contributed by atoms with E-state index in [1.165, 1.54) is 17.3 Å². The van der Waals surface area contributed by atoms with Crippen molar-refractivity contribution in [3.63, 3.8) is 0 Å². The minimum Gasteiger partial charge on any atom is -0.378 e. The largest absolute Gasteiger partial charge is 0.378 e. The number of amidine groups is 1. The van der Waals surface area contributed by atoms with E-state index < -0.39 is 0 Å². The molecule has 0 aromatic heterocycles. The van der Waals surface area contributed by atoms with E-state index in [-0.39, 0.29) is 11.2 Å². The van der Waals surface area contributed by atoms with Crippen LogP contribution in [0.5, 0.6) is 0 Å². The highest BCUT2D eigenvalue weighted by Crippen LogP contribution is 2.23. The van der Waals surface area contributed by atoms with E-state index in [1.807, 2.05) is 55.4 Å². The van der Waals surface area contributed by atoms with E-state index in [1.54, 1.807) is 6.21 Å². The van der Waals surface area contributed by atoms with Crippen molar-refractivity contribution >= 4 is 34.7 Å². The molecule has 2 aromatic rings. The lowest BCUT2D eigenvalue weighted by molar-refractivity contribution is -0.118. The number of thioether (sulfide) groups is 1. The third-order valence-corrected chi connectivity index (χ3v) is 5.12. The molecule has 134 valence electrons. The zero-order valence-electron chi connectivity index (χ0n) is 15.1. The Morgan fingerprint density at radius 3 is 2.65 bits per heavy atom. The molecule has 1 saturated heterocycles. The molecule has 0 bridgehead atoms. The summed E-state index contributed by atoms with van der Waals surface area (Å²) in [6.07, 6.45) is 2.37. The van der Waals surface area contributed by atoms with Gasteiger partial charge in [0.05, 0.1) is 11.5 Å². The lowest BCUT2D eigenvalue weighted by atomic mass is 10.1. The van der Waals surface area contributed by atoms with Crippen LogP contribution in [0.15, 0.2) is 58.7 Å².